The molecule has 3 rings (SSSR count). The molecule has 1 heterocycles. The number of nitrogens with one attached hydrogen (secondary N) is 1. The third-order valence-electron chi connectivity index (χ3n) is 3.49. The van der Waals surface area contributed by atoms with E-state index in [1.165, 1.54) is 0 Å². The third kappa shape index (κ3) is 4.04. The van der Waals surface area contributed by atoms with Crippen LogP contribution in [0.4, 0.5) is 0 Å². The van der Waals surface area contributed by atoms with E-state index >= 15 is 0 Å². The van der Waals surface area contributed by atoms with E-state index in [0.29, 0.717) is 24.0 Å². The van der Waals surface area contributed by atoms with E-state index in [0.717, 1.165) is 11.3 Å². The van der Waals surface area contributed by atoms with Gasteiger partial charge < -0.3 is 10.1 Å². The summed E-state index contributed by atoms with van der Waals surface area (Å²) in [5, 5.41) is 7.69. The molecule has 2 aromatic carbocycles. The summed E-state index contributed by atoms with van der Waals surface area (Å²) >= 11 is 6.10. The van der Waals surface area contributed by atoms with Crippen LogP contribution in [0.5, 0.6) is 0 Å². The molecular weight excluding hydrogens is 340 g/mol. The molecule has 128 valence electrons. The molecule has 6 nitrogen and oxygen atoms in total. The van der Waals surface area contributed by atoms with E-state index in [1.54, 1.807) is 23.9 Å². The van der Waals surface area contributed by atoms with Crippen LogP contribution in [0.15, 0.2) is 54.6 Å². The van der Waals surface area contributed by atoms with Crippen molar-refractivity contribution in [3.8, 4) is 17.1 Å². The number of hydrogen-bond acceptors (Lipinski definition) is 4. The van der Waals surface area contributed by atoms with Crippen LogP contribution in [0.1, 0.15) is 10.6 Å². The van der Waals surface area contributed by atoms with Crippen LogP contribution in [0.25, 0.3) is 17.1 Å². The van der Waals surface area contributed by atoms with E-state index in [9.17, 15) is 4.79 Å². The second-order valence-electron chi connectivity index (χ2n) is 5.27. The topological polar surface area (TPSA) is 69.0 Å². The summed E-state index contributed by atoms with van der Waals surface area (Å²) < 4.78 is 6.57. The van der Waals surface area contributed by atoms with Crippen LogP contribution in [0.3, 0.4) is 0 Å². The Bertz CT molecular complexity index is 865. The van der Waals surface area contributed by atoms with Gasteiger partial charge >= 0.3 is 0 Å². The molecule has 25 heavy (non-hydrogen) atoms. The molecule has 7 heteroatoms. The summed E-state index contributed by atoms with van der Waals surface area (Å²) in [7, 11) is 1.58. The van der Waals surface area contributed by atoms with Gasteiger partial charge in [-0.25, -0.2) is 9.67 Å². The molecule has 0 fully saturated rings. The van der Waals surface area contributed by atoms with Crippen molar-refractivity contribution in [1.29, 1.82) is 0 Å². The first-order valence-electron chi connectivity index (χ1n) is 7.74. The fourth-order valence-corrected chi connectivity index (χ4v) is 2.51. The van der Waals surface area contributed by atoms with Gasteiger partial charge in [-0.05, 0) is 24.3 Å². The standard InChI is InChI=1S/C18H17ClN4O2/c1-25-11-10-20-18(24)16-21-17(13-6-5-7-14(19)12-13)23(22-16)15-8-3-2-4-9-15/h2-9,12H,10-11H2,1H3,(H,20,24). The van der Waals surface area contributed by atoms with E-state index in [2.05, 4.69) is 15.4 Å². The number of methoxy groups -OCH3 is 1. The molecule has 0 aliphatic carbocycles. The lowest BCUT2D eigenvalue weighted by Gasteiger charge is -2.05. The van der Waals surface area contributed by atoms with Gasteiger partial charge in [-0.3, -0.25) is 4.79 Å². The summed E-state index contributed by atoms with van der Waals surface area (Å²) in [6.45, 7) is 0.813. The second-order valence-corrected chi connectivity index (χ2v) is 5.70. The summed E-state index contributed by atoms with van der Waals surface area (Å²) in [5.41, 5.74) is 1.58. The number of hydrogen-bond donors (Lipinski definition) is 1. The van der Waals surface area contributed by atoms with Crippen molar-refractivity contribution >= 4 is 17.5 Å². The first-order valence-corrected chi connectivity index (χ1v) is 8.12. The maximum atomic E-state index is 12.3. The highest BCUT2D eigenvalue weighted by Crippen LogP contribution is 2.23. The van der Waals surface area contributed by atoms with Gasteiger partial charge in [0.05, 0.1) is 12.3 Å². The van der Waals surface area contributed by atoms with Gasteiger partial charge in [-0.15, -0.1) is 5.10 Å². The van der Waals surface area contributed by atoms with E-state index in [1.807, 2.05) is 42.5 Å². The number of halogens is 1. The quantitative estimate of drug-likeness (QED) is 0.689. The number of amides is 1. The van der Waals surface area contributed by atoms with Gasteiger partial charge in [0.2, 0.25) is 5.82 Å². The molecule has 0 saturated carbocycles. The Morgan fingerprint density at radius 2 is 2.00 bits per heavy atom. The average Bonchev–Trinajstić information content (AvgIpc) is 3.08. The van der Waals surface area contributed by atoms with Crippen molar-refractivity contribution in [1.82, 2.24) is 20.1 Å². The van der Waals surface area contributed by atoms with Crippen molar-refractivity contribution in [2.75, 3.05) is 20.3 Å². The minimum atomic E-state index is -0.352. The third-order valence-corrected chi connectivity index (χ3v) is 3.72. The number of para-hydroxylation sites is 1. The van der Waals surface area contributed by atoms with Crippen LogP contribution in [-0.2, 0) is 4.74 Å². The van der Waals surface area contributed by atoms with Crippen LogP contribution < -0.4 is 5.32 Å². The predicted octanol–water partition coefficient (Wildman–Crippen LogP) is 2.96. The molecule has 0 unspecified atom stereocenters. The zero-order valence-electron chi connectivity index (χ0n) is 13.6. The Morgan fingerprint density at radius 1 is 1.20 bits per heavy atom. The lowest BCUT2D eigenvalue weighted by atomic mass is 10.2. The number of carbonyl (C=O) groups excluding carboxylic acids is 1. The summed E-state index contributed by atoms with van der Waals surface area (Å²) in [6.07, 6.45) is 0. The van der Waals surface area contributed by atoms with Crippen LogP contribution in [0.2, 0.25) is 5.02 Å². The second kappa shape index (κ2) is 7.92. The van der Waals surface area contributed by atoms with E-state index in [-0.39, 0.29) is 11.7 Å². The minimum Gasteiger partial charge on any atom is -0.383 e. The highest BCUT2D eigenvalue weighted by atomic mass is 35.5. The highest BCUT2D eigenvalue weighted by molar-refractivity contribution is 6.30. The Balaban J connectivity index is 2.01. The summed E-state index contributed by atoms with van der Waals surface area (Å²) in [5.74, 6) is 0.288. The first-order chi connectivity index (χ1) is 12.2. The zero-order chi connectivity index (χ0) is 17.6. The fourth-order valence-electron chi connectivity index (χ4n) is 2.32. The normalized spacial score (nSPS) is 10.6. The van der Waals surface area contributed by atoms with Gasteiger partial charge in [0, 0.05) is 24.2 Å². The van der Waals surface area contributed by atoms with Gasteiger partial charge in [0.25, 0.3) is 5.91 Å². The van der Waals surface area contributed by atoms with Crippen molar-refractivity contribution in [3.05, 3.63) is 65.4 Å². The number of ether oxygens (including phenoxy) is 1. The Kier molecular flexibility index (Phi) is 5.42. The number of carbonyl (C=O) groups is 1. The average molecular weight is 357 g/mol. The lowest BCUT2D eigenvalue weighted by molar-refractivity contribution is 0.0927. The largest absolute Gasteiger partial charge is 0.383 e. The van der Waals surface area contributed by atoms with Gasteiger partial charge in [0.15, 0.2) is 5.82 Å². The molecule has 3 aromatic rings. The van der Waals surface area contributed by atoms with Gasteiger partial charge in [-0.2, -0.15) is 0 Å². The molecule has 0 radical (unpaired) electrons. The van der Waals surface area contributed by atoms with Gasteiger partial charge in [-0.1, -0.05) is 41.9 Å². The maximum Gasteiger partial charge on any atom is 0.291 e. The summed E-state index contributed by atoms with van der Waals surface area (Å²) in [6, 6.07) is 16.8. The van der Waals surface area contributed by atoms with Crippen LogP contribution in [0, 0.1) is 0 Å². The number of benzene rings is 2. The molecule has 0 atom stereocenters. The number of nitrogens with zero attached hydrogens (tertiary/aromatic N) is 3. The predicted molar refractivity (Wildman–Crippen MR) is 96.0 cm³/mol. The molecule has 0 aliphatic heterocycles. The molecular formula is C18H17ClN4O2. The van der Waals surface area contributed by atoms with Gasteiger partial charge in [0.1, 0.15) is 0 Å². The molecule has 1 N–H and O–H groups in total. The molecule has 0 bridgehead atoms. The van der Waals surface area contributed by atoms with E-state index in [4.69, 9.17) is 16.3 Å². The Hall–Kier alpha value is -2.70. The highest BCUT2D eigenvalue weighted by Gasteiger charge is 2.18. The Labute approximate surface area is 150 Å². The van der Waals surface area contributed by atoms with Crippen molar-refractivity contribution in [2.24, 2.45) is 0 Å². The molecule has 1 aromatic heterocycles. The number of aromatic nitrogens is 3. The monoisotopic (exact) mass is 356 g/mol. The van der Waals surface area contributed by atoms with Crippen molar-refractivity contribution < 1.29 is 9.53 Å². The molecule has 0 saturated heterocycles. The molecule has 0 aliphatic rings. The number of rotatable bonds is 6. The Morgan fingerprint density at radius 3 is 2.72 bits per heavy atom. The smallest absolute Gasteiger partial charge is 0.291 e. The zero-order valence-corrected chi connectivity index (χ0v) is 14.4. The van der Waals surface area contributed by atoms with Crippen LogP contribution >= 0.6 is 11.6 Å². The first kappa shape index (κ1) is 17.1. The van der Waals surface area contributed by atoms with E-state index < -0.39 is 0 Å². The fraction of sp³-hybridized carbons (Fsp3) is 0.167. The molecule has 1 amide bonds. The van der Waals surface area contributed by atoms with Crippen molar-refractivity contribution in [2.45, 2.75) is 0 Å². The van der Waals surface area contributed by atoms with Crippen molar-refractivity contribution in [3.63, 3.8) is 0 Å². The lowest BCUT2D eigenvalue weighted by Crippen LogP contribution is -2.28. The minimum absolute atomic E-state index is 0.0925. The van der Waals surface area contributed by atoms with Crippen LogP contribution in [-0.4, -0.2) is 40.9 Å². The SMILES string of the molecule is COCCNC(=O)c1nc(-c2cccc(Cl)c2)n(-c2ccccc2)n1. The maximum absolute atomic E-state index is 12.3. The summed E-state index contributed by atoms with van der Waals surface area (Å²) in [4.78, 5) is 16.7. The molecule has 0 spiro atoms.